The van der Waals surface area contributed by atoms with E-state index in [1.54, 1.807) is 4.90 Å². The summed E-state index contributed by atoms with van der Waals surface area (Å²) in [6.07, 6.45) is 1.54. The Morgan fingerprint density at radius 3 is 2.31 bits per heavy atom. The van der Waals surface area contributed by atoms with Crippen molar-refractivity contribution in [2.75, 3.05) is 13.2 Å². The number of hydrogen-bond acceptors (Lipinski definition) is 2. The molecule has 0 spiro atoms. The van der Waals surface area contributed by atoms with Crippen LogP contribution in [-0.4, -0.2) is 29.2 Å². The van der Waals surface area contributed by atoms with Crippen molar-refractivity contribution in [1.82, 2.24) is 10.2 Å². The number of carbonyl (C=O) groups is 1. The number of benzene rings is 2. The standard InChI is InChI=1S/C21H27ClN2O2/c1-3-17-5-9-19(10-6-17)16(2)23-21(26)24(13-4-14-25)15-18-7-11-20(22)12-8-18/h5-12,16,25H,3-4,13-15H2,1-2H3,(H,23,26). The maximum atomic E-state index is 12.7. The number of carbonyl (C=O) groups excluding carboxylic acids is 1. The zero-order valence-corrected chi connectivity index (χ0v) is 16.2. The molecule has 0 radical (unpaired) electrons. The summed E-state index contributed by atoms with van der Waals surface area (Å²) in [7, 11) is 0. The first-order valence-electron chi connectivity index (χ1n) is 9.03. The third kappa shape index (κ3) is 6.04. The summed E-state index contributed by atoms with van der Waals surface area (Å²) < 4.78 is 0. The molecule has 0 saturated heterocycles. The average molecular weight is 375 g/mol. The Labute approximate surface area is 160 Å². The van der Waals surface area contributed by atoms with Crippen molar-refractivity contribution in [3.05, 3.63) is 70.2 Å². The Morgan fingerprint density at radius 2 is 1.73 bits per heavy atom. The molecule has 1 unspecified atom stereocenters. The van der Waals surface area contributed by atoms with Gasteiger partial charge in [0.15, 0.2) is 0 Å². The van der Waals surface area contributed by atoms with E-state index in [1.165, 1.54) is 5.56 Å². The van der Waals surface area contributed by atoms with Crippen molar-refractivity contribution in [2.45, 2.75) is 39.3 Å². The molecule has 2 aromatic rings. The van der Waals surface area contributed by atoms with Gasteiger partial charge < -0.3 is 15.3 Å². The fraction of sp³-hybridized carbons (Fsp3) is 0.381. The van der Waals surface area contributed by atoms with Crippen molar-refractivity contribution in [1.29, 1.82) is 0 Å². The van der Waals surface area contributed by atoms with Gasteiger partial charge in [-0.05, 0) is 48.6 Å². The van der Waals surface area contributed by atoms with Gasteiger partial charge in [0, 0.05) is 24.7 Å². The molecule has 2 amide bonds. The van der Waals surface area contributed by atoms with Gasteiger partial charge in [0.2, 0.25) is 0 Å². The lowest BCUT2D eigenvalue weighted by Crippen LogP contribution is -2.41. The Balaban J connectivity index is 2.03. The molecule has 26 heavy (non-hydrogen) atoms. The number of hydrogen-bond donors (Lipinski definition) is 2. The summed E-state index contributed by atoms with van der Waals surface area (Å²) in [6.45, 7) is 5.12. The highest BCUT2D eigenvalue weighted by molar-refractivity contribution is 6.30. The molecular formula is C21H27ClN2O2. The number of nitrogens with one attached hydrogen (secondary N) is 1. The second-order valence-electron chi connectivity index (χ2n) is 6.39. The van der Waals surface area contributed by atoms with Crippen LogP contribution in [0.2, 0.25) is 5.02 Å². The first-order valence-corrected chi connectivity index (χ1v) is 9.41. The van der Waals surface area contributed by atoms with Crippen molar-refractivity contribution < 1.29 is 9.90 Å². The van der Waals surface area contributed by atoms with Crippen LogP contribution in [0, 0.1) is 0 Å². The molecule has 140 valence electrons. The van der Waals surface area contributed by atoms with Crippen LogP contribution >= 0.6 is 11.6 Å². The highest BCUT2D eigenvalue weighted by Crippen LogP contribution is 2.16. The van der Waals surface area contributed by atoms with E-state index in [2.05, 4.69) is 36.5 Å². The number of nitrogens with zero attached hydrogens (tertiary/aromatic N) is 1. The molecule has 0 aliphatic heterocycles. The van der Waals surface area contributed by atoms with Crippen LogP contribution in [0.3, 0.4) is 0 Å². The van der Waals surface area contributed by atoms with Gasteiger partial charge in [-0.1, -0.05) is 54.9 Å². The smallest absolute Gasteiger partial charge is 0.318 e. The quantitative estimate of drug-likeness (QED) is 0.711. The average Bonchev–Trinajstić information content (AvgIpc) is 2.66. The molecule has 4 nitrogen and oxygen atoms in total. The van der Waals surface area contributed by atoms with E-state index in [0.29, 0.717) is 24.5 Å². The SMILES string of the molecule is CCc1ccc(C(C)NC(=O)N(CCCO)Cc2ccc(Cl)cc2)cc1. The number of aliphatic hydroxyl groups is 1. The monoisotopic (exact) mass is 374 g/mol. The van der Waals surface area contributed by atoms with E-state index in [-0.39, 0.29) is 18.7 Å². The summed E-state index contributed by atoms with van der Waals surface area (Å²) >= 11 is 5.93. The molecule has 0 saturated carbocycles. The lowest BCUT2D eigenvalue weighted by molar-refractivity contribution is 0.183. The molecule has 2 aromatic carbocycles. The minimum absolute atomic E-state index is 0.0540. The molecule has 0 aliphatic carbocycles. The van der Waals surface area contributed by atoms with Gasteiger partial charge in [-0.2, -0.15) is 0 Å². The fourth-order valence-corrected chi connectivity index (χ4v) is 2.85. The molecule has 0 bridgehead atoms. The van der Waals surface area contributed by atoms with E-state index in [4.69, 9.17) is 16.7 Å². The molecule has 2 rings (SSSR count). The summed E-state index contributed by atoms with van der Waals surface area (Å²) in [4.78, 5) is 14.5. The van der Waals surface area contributed by atoms with Crippen molar-refractivity contribution in [2.24, 2.45) is 0 Å². The highest BCUT2D eigenvalue weighted by Gasteiger charge is 2.17. The van der Waals surface area contributed by atoms with Crippen LogP contribution in [0.15, 0.2) is 48.5 Å². The Kier molecular flexibility index (Phi) is 7.95. The lowest BCUT2D eigenvalue weighted by Gasteiger charge is -2.25. The van der Waals surface area contributed by atoms with Gasteiger partial charge in [0.1, 0.15) is 0 Å². The fourth-order valence-electron chi connectivity index (χ4n) is 2.73. The van der Waals surface area contributed by atoms with Gasteiger partial charge >= 0.3 is 6.03 Å². The second-order valence-corrected chi connectivity index (χ2v) is 6.83. The van der Waals surface area contributed by atoms with E-state index >= 15 is 0 Å². The third-order valence-electron chi connectivity index (χ3n) is 4.39. The van der Waals surface area contributed by atoms with Crippen LogP contribution in [0.25, 0.3) is 0 Å². The predicted octanol–water partition coefficient (Wildman–Crippen LogP) is 4.56. The molecule has 0 heterocycles. The zero-order valence-electron chi connectivity index (χ0n) is 15.4. The van der Waals surface area contributed by atoms with Crippen LogP contribution in [0.1, 0.15) is 43.0 Å². The number of amides is 2. The molecule has 5 heteroatoms. The molecule has 2 N–H and O–H groups in total. The maximum Gasteiger partial charge on any atom is 0.318 e. The van der Waals surface area contributed by atoms with Crippen LogP contribution in [0.4, 0.5) is 4.79 Å². The third-order valence-corrected chi connectivity index (χ3v) is 4.64. The van der Waals surface area contributed by atoms with Gasteiger partial charge in [-0.3, -0.25) is 0 Å². The molecule has 0 aromatic heterocycles. The molecule has 0 aliphatic rings. The topological polar surface area (TPSA) is 52.6 Å². The first kappa shape index (κ1) is 20.3. The predicted molar refractivity (Wildman–Crippen MR) is 106 cm³/mol. The second kappa shape index (κ2) is 10.2. The summed E-state index contributed by atoms with van der Waals surface area (Å²) in [5, 5.41) is 12.9. The zero-order chi connectivity index (χ0) is 18.9. The van der Waals surface area contributed by atoms with Crippen molar-refractivity contribution >= 4 is 17.6 Å². The first-order chi connectivity index (χ1) is 12.5. The number of aliphatic hydroxyl groups excluding tert-OH is 1. The highest BCUT2D eigenvalue weighted by atomic mass is 35.5. The summed E-state index contributed by atoms with van der Waals surface area (Å²) in [5.74, 6) is 0. The van der Waals surface area contributed by atoms with Gasteiger partial charge in [-0.25, -0.2) is 4.79 Å². The number of rotatable bonds is 8. The van der Waals surface area contributed by atoms with Crippen LogP contribution in [-0.2, 0) is 13.0 Å². The minimum atomic E-state index is -0.138. The van der Waals surface area contributed by atoms with Crippen molar-refractivity contribution in [3.63, 3.8) is 0 Å². The van der Waals surface area contributed by atoms with Gasteiger partial charge in [-0.15, -0.1) is 0 Å². The Hall–Kier alpha value is -2.04. The largest absolute Gasteiger partial charge is 0.396 e. The van der Waals surface area contributed by atoms with Crippen LogP contribution in [0.5, 0.6) is 0 Å². The maximum absolute atomic E-state index is 12.7. The molecule has 1 atom stereocenters. The van der Waals surface area contributed by atoms with Gasteiger partial charge in [0.05, 0.1) is 6.04 Å². The van der Waals surface area contributed by atoms with Crippen LogP contribution < -0.4 is 5.32 Å². The molecule has 0 fully saturated rings. The Morgan fingerprint density at radius 1 is 1.12 bits per heavy atom. The van der Waals surface area contributed by atoms with E-state index in [1.807, 2.05) is 31.2 Å². The van der Waals surface area contributed by atoms with E-state index < -0.39 is 0 Å². The van der Waals surface area contributed by atoms with E-state index in [9.17, 15) is 4.79 Å². The van der Waals surface area contributed by atoms with Crippen molar-refractivity contribution in [3.8, 4) is 0 Å². The normalized spacial score (nSPS) is 11.8. The lowest BCUT2D eigenvalue weighted by atomic mass is 10.1. The van der Waals surface area contributed by atoms with Gasteiger partial charge in [0.25, 0.3) is 0 Å². The molecular weight excluding hydrogens is 348 g/mol. The summed E-state index contributed by atoms with van der Waals surface area (Å²) in [6, 6.07) is 15.5. The number of halogens is 1. The Bertz CT molecular complexity index is 686. The summed E-state index contributed by atoms with van der Waals surface area (Å²) in [5.41, 5.74) is 3.35. The minimum Gasteiger partial charge on any atom is -0.396 e. The number of urea groups is 1. The van der Waals surface area contributed by atoms with E-state index in [0.717, 1.165) is 17.5 Å². The number of aryl methyl sites for hydroxylation is 1.